The molecule has 1 aliphatic rings. The van der Waals surface area contributed by atoms with Crippen molar-refractivity contribution >= 4 is 0 Å². The molecule has 1 aromatic carbocycles. The molecule has 0 saturated carbocycles. The minimum absolute atomic E-state index is 0.153. The highest BCUT2D eigenvalue weighted by Crippen LogP contribution is 2.34. The van der Waals surface area contributed by atoms with E-state index in [1.807, 2.05) is 6.07 Å². The number of nitriles is 1. The van der Waals surface area contributed by atoms with Gasteiger partial charge in [0.05, 0.1) is 11.5 Å². The van der Waals surface area contributed by atoms with Crippen molar-refractivity contribution in [3.8, 4) is 6.07 Å². The molecule has 1 aliphatic heterocycles. The Bertz CT molecular complexity index is 453. The maximum absolute atomic E-state index is 9.66. The fourth-order valence-corrected chi connectivity index (χ4v) is 3.13. The summed E-state index contributed by atoms with van der Waals surface area (Å²) < 4.78 is 0. The molecular weight excluding hydrogens is 258 g/mol. The summed E-state index contributed by atoms with van der Waals surface area (Å²) >= 11 is 0. The van der Waals surface area contributed by atoms with E-state index < -0.39 is 0 Å². The molecule has 0 spiro atoms. The average molecular weight is 285 g/mol. The van der Waals surface area contributed by atoms with E-state index >= 15 is 0 Å². The van der Waals surface area contributed by atoms with Crippen LogP contribution in [-0.4, -0.2) is 50.1 Å². The summed E-state index contributed by atoms with van der Waals surface area (Å²) in [5, 5.41) is 9.66. The molecule has 0 aliphatic carbocycles. The first-order valence-corrected chi connectivity index (χ1v) is 7.96. The maximum Gasteiger partial charge on any atom is 0.0694 e. The molecule has 114 valence electrons. The van der Waals surface area contributed by atoms with Gasteiger partial charge in [-0.2, -0.15) is 5.26 Å². The van der Waals surface area contributed by atoms with Crippen molar-refractivity contribution < 1.29 is 0 Å². The smallest absolute Gasteiger partial charge is 0.0694 e. The van der Waals surface area contributed by atoms with Gasteiger partial charge in [0.1, 0.15) is 0 Å². The standard InChI is InChI=1S/C18H27N3/c1-20(2)11-6-12-21-13-9-18(16-19,10-14-21)15-17-7-4-3-5-8-17/h3-5,7-8H,6,9-15H2,1-2H3. The highest BCUT2D eigenvalue weighted by molar-refractivity contribution is 5.20. The van der Waals surface area contributed by atoms with Crippen molar-refractivity contribution in [1.82, 2.24) is 9.80 Å². The van der Waals surface area contributed by atoms with Crippen molar-refractivity contribution in [2.24, 2.45) is 5.41 Å². The van der Waals surface area contributed by atoms with E-state index in [0.717, 1.165) is 45.4 Å². The number of benzene rings is 1. The van der Waals surface area contributed by atoms with Gasteiger partial charge in [-0.25, -0.2) is 0 Å². The number of hydrogen-bond donors (Lipinski definition) is 0. The van der Waals surface area contributed by atoms with E-state index in [2.05, 4.69) is 54.2 Å². The molecule has 0 N–H and O–H groups in total. The van der Waals surface area contributed by atoms with Gasteiger partial charge in [0.25, 0.3) is 0 Å². The number of nitrogens with zero attached hydrogens (tertiary/aromatic N) is 3. The summed E-state index contributed by atoms with van der Waals surface area (Å²) in [6.07, 6.45) is 4.11. The van der Waals surface area contributed by atoms with Gasteiger partial charge in [0.2, 0.25) is 0 Å². The van der Waals surface area contributed by atoms with Crippen LogP contribution in [0.4, 0.5) is 0 Å². The first-order valence-electron chi connectivity index (χ1n) is 7.96. The molecule has 3 nitrogen and oxygen atoms in total. The Morgan fingerprint density at radius 2 is 1.86 bits per heavy atom. The molecule has 1 heterocycles. The van der Waals surface area contributed by atoms with E-state index in [1.165, 1.54) is 12.0 Å². The monoisotopic (exact) mass is 285 g/mol. The lowest BCUT2D eigenvalue weighted by Crippen LogP contribution is -2.41. The molecule has 3 heteroatoms. The van der Waals surface area contributed by atoms with Crippen LogP contribution in [0.25, 0.3) is 0 Å². The van der Waals surface area contributed by atoms with Gasteiger partial charge in [-0.1, -0.05) is 30.3 Å². The molecule has 1 saturated heterocycles. The average Bonchev–Trinajstić information content (AvgIpc) is 2.50. The molecule has 0 radical (unpaired) electrons. The normalized spacial score (nSPS) is 18.6. The van der Waals surface area contributed by atoms with Gasteiger partial charge in [0.15, 0.2) is 0 Å². The zero-order valence-electron chi connectivity index (χ0n) is 13.4. The molecule has 1 aromatic rings. The van der Waals surface area contributed by atoms with Crippen LogP contribution < -0.4 is 0 Å². The summed E-state index contributed by atoms with van der Waals surface area (Å²) in [5.74, 6) is 0. The van der Waals surface area contributed by atoms with Crippen molar-refractivity contribution in [2.45, 2.75) is 25.7 Å². The number of hydrogen-bond acceptors (Lipinski definition) is 3. The summed E-state index contributed by atoms with van der Waals surface area (Å²) in [6, 6.07) is 13.1. The van der Waals surface area contributed by atoms with Crippen molar-refractivity contribution in [2.75, 3.05) is 40.3 Å². The van der Waals surface area contributed by atoms with Crippen LogP contribution in [0, 0.1) is 16.7 Å². The van der Waals surface area contributed by atoms with E-state index in [4.69, 9.17) is 0 Å². The molecule has 0 bridgehead atoms. The van der Waals surface area contributed by atoms with Crippen LogP contribution in [0.3, 0.4) is 0 Å². The second kappa shape index (κ2) is 7.59. The minimum Gasteiger partial charge on any atom is -0.309 e. The quantitative estimate of drug-likeness (QED) is 0.805. The maximum atomic E-state index is 9.66. The Morgan fingerprint density at radius 3 is 2.43 bits per heavy atom. The summed E-state index contributed by atoms with van der Waals surface area (Å²) in [4.78, 5) is 4.75. The largest absolute Gasteiger partial charge is 0.309 e. The summed E-state index contributed by atoms with van der Waals surface area (Å²) in [6.45, 7) is 4.43. The van der Waals surface area contributed by atoms with Gasteiger partial charge in [-0.3, -0.25) is 0 Å². The van der Waals surface area contributed by atoms with Crippen LogP contribution >= 0.6 is 0 Å². The van der Waals surface area contributed by atoms with E-state index in [0.29, 0.717) is 0 Å². The molecule has 21 heavy (non-hydrogen) atoms. The Labute approximate surface area is 129 Å². The van der Waals surface area contributed by atoms with E-state index in [1.54, 1.807) is 0 Å². The fourth-order valence-electron chi connectivity index (χ4n) is 3.13. The predicted molar refractivity (Wildman–Crippen MR) is 87.0 cm³/mol. The number of rotatable bonds is 6. The first kappa shape index (κ1) is 16.0. The number of piperidine rings is 1. The highest BCUT2D eigenvalue weighted by Gasteiger charge is 2.34. The lowest BCUT2D eigenvalue weighted by Gasteiger charge is -2.37. The topological polar surface area (TPSA) is 30.3 Å². The van der Waals surface area contributed by atoms with Gasteiger partial charge in [-0.15, -0.1) is 0 Å². The Hall–Kier alpha value is -1.37. The van der Waals surface area contributed by atoms with E-state index in [-0.39, 0.29) is 5.41 Å². The van der Waals surface area contributed by atoms with Gasteiger partial charge < -0.3 is 9.80 Å². The van der Waals surface area contributed by atoms with Gasteiger partial charge in [0, 0.05) is 0 Å². The van der Waals surface area contributed by atoms with Gasteiger partial charge >= 0.3 is 0 Å². The fraction of sp³-hybridized carbons (Fsp3) is 0.611. The molecule has 1 fully saturated rings. The first-order chi connectivity index (χ1) is 10.1. The lowest BCUT2D eigenvalue weighted by molar-refractivity contribution is 0.140. The van der Waals surface area contributed by atoms with Crippen molar-refractivity contribution in [3.05, 3.63) is 35.9 Å². The molecule has 0 atom stereocenters. The van der Waals surface area contributed by atoms with Gasteiger partial charge in [-0.05, 0) is 71.5 Å². The third-order valence-corrected chi connectivity index (χ3v) is 4.52. The summed E-state index contributed by atoms with van der Waals surface area (Å²) in [7, 11) is 4.24. The van der Waals surface area contributed by atoms with Crippen LogP contribution in [-0.2, 0) is 6.42 Å². The lowest BCUT2D eigenvalue weighted by atomic mass is 9.75. The second-order valence-corrected chi connectivity index (χ2v) is 6.55. The van der Waals surface area contributed by atoms with Crippen LogP contribution in [0.5, 0.6) is 0 Å². The third-order valence-electron chi connectivity index (χ3n) is 4.52. The Kier molecular flexibility index (Phi) is 5.78. The highest BCUT2D eigenvalue weighted by atomic mass is 15.1. The molecule has 2 rings (SSSR count). The Morgan fingerprint density at radius 1 is 1.19 bits per heavy atom. The van der Waals surface area contributed by atoms with Crippen molar-refractivity contribution in [3.63, 3.8) is 0 Å². The number of likely N-dealkylation sites (tertiary alicyclic amines) is 1. The molecular formula is C18H27N3. The molecule has 0 amide bonds. The SMILES string of the molecule is CN(C)CCCN1CCC(C#N)(Cc2ccccc2)CC1. The second-order valence-electron chi connectivity index (χ2n) is 6.55. The van der Waals surface area contributed by atoms with Crippen LogP contribution in [0.2, 0.25) is 0 Å². The van der Waals surface area contributed by atoms with Crippen molar-refractivity contribution in [1.29, 1.82) is 5.26 Å². The van der Waals surface area contributed by atoms with E-state index in [9.17, 15) is 5.26 Å². The summed E-state index contributed by atoms with van der Waals surface area (Å²) in [5.41, 5.74) is 1.14. The van der Waals surface area contributed by atoms with Crippen LogP contribution in [0.1, 0.15) is 24.8 Å². The molecule has 0 unspecified atom stereocenters. The predicted octanol–water partition coefficient (Wildman–Crippen LogP) is 2.79. The van der Waals surface area contributed by atoms with Crippen LogP contribution in [0.15, 0.2) is 30.3 Å². The minimum atomic E-state index is -0.153. The zero-order valence-corrected chi connectivity index (χ0v) is 13.4. The molecule has 0 aromatic heterocycles. The Balaban J connectivity index is 1.84. The third kappa shape index (κ3) is 4.84. The zero-order chi connectivity index (χ0) is 15.1.